The van der Waals surface area contributed by atoms with Gasteiger partial charge in [-0.25, -0.2) is 0 Å². The Hall–Kier alpha value is -5.40. The second-order valence-corrected chi connectivity index (χ2v) is 12.1. The van der Waals surface area contributed by atoms with Gasteiger partial charge in [-0.05, 0) is 90.7 Å². The fourth-order valence-corrected chi connectivity index (χ4v) is 8.44. The van der Waals surface area contributed by atoms with Crippen LogP contribution in [0.1, 0.15) is 22.3 Å². The average Bonchev–Trinajstić information content (AvgIpc) is 3.65. The van der Waals surface area contributed by atoms with Crippen LogP contribution in [0.5, 0.6) is 0 Å². The van der Waals surface area contributed by atoms with Crippen molar-refractivity contribution in [2.45, 2.75) is 5.41 Å². The molecule has 0 bridgehead atoms. The maximum absolute atomic E-state index is 2.50. The number of fused-ring (bicyclic) bond motifs is 14. The van der Waals surface area contributed by atoms with Gasteiger partial charge in [0, 0.05) is 28.9 Å². The summed E-state index contributed by atoms with van der Waals surface area (Å²) in [5, 5.41) is 5.18. The third-order valence-corrected chi connectivity index (χ3v) is 10.2. The Bertz CT molecular complexity index is 2410. The summed E-state index contributed by atoms with van der Waals surface area (Å²) in [6, 6.07) is 54.5. The van der Waals surface area contributed by atoms with E-state index in [-0.39, 0.29) is 5.41 Å². The molecule has 2 aliphatic carbocycles. The van der Waals surface area contributed by atoms with Crippen LogP contribution in [-0.4, -0.2) is 4.57 Å². The van der Waals surface area contributed by atoms with Gasteiger partial charge in [-0.15, -0.1) is 0 Å². The zero-order valence-electron chi connectivity index (χ0n) is 23.8. The molecular weight excluding hydrogens is 518 g/mol. The minimum Gasteiger partial charge on any atom is -0.344 e. The fraction of sp³-hybridized carbons (Fsp3) is 0.0476. The van der Waals surface area contributed by atoms with Crippen molar-refractivity contribution in [3.8, 4) is 33.4 Å². The molecule has 7 aromatic carbocycles. The molecule has 0 fully saturated rings. The Morgan fingerprint density at radius 3 is 1.60 bits per heavy atom. The van der Waals surface area contributed by atoms with Crippen molar-refractivity contribution < 1.29 is 0 Å². The normalized spacial score (nSPS) is 13.9. The lowest BCUT2D eigenvalue weighted by Gasteiger charge is -2.30. The first kappa shape index (κ1) is 23.2. The first-order valence-electron chi connectivity index (χ1n) is 15.1. The molecule has 0 aliphatic heterocycles. The molecule has 0 saturated heterocycles. The van der Waals surface area contributed by atoms with E-state index in [9.17, 15) is 0 Å². The van der Waals surface area contributed by atoms with E-state index in [2.05, 4.69) is 157 Å². The number of hydrogen-bond donors (Lipinski definition) is 0. The molecule has 200 valence electrons. The van der Waals surface area contributed by atoms with Gasteiger partial charge in [-0.3, -0.25) is 0 Å². The maximum atomic E-state index is 2.50. The number of nitrogens with zero attached hydrogens (tertiary/aromatic N) is 1. The number of aryl methyl sites for hydroxylation is 1. The predicted molar refractivity (Wildman–Crippen MR) is 180 cm³/mol. The molecule has 0 amide bonds. The lowest BCUT2D eigenvalue weighted by atomic mass is 9.70. The van der Waals surface area contributed by atoms with E-state index in [1.54, 1.807) is 0 Å². The number of aromatic nitrogens is 1. The zero-order chi connectivity index (χ0) is 28.3. The van der Waals surface area contributed by atoms with Crippen molar-refractivity contribution in [3.63, 3.8) is 0 Å². The van der Waals surface area contributed by atoms with E-state index >= 15 is 0 Å². The van der Waals surface area contributed by atoms with Gasteiger partial charge in [0.15, 0.2) is 0 Å². The number of rotatable bonds is 1. The molecule has 1 heterocycles. The topological polar surface area (TPSA) is 4.93 Å². The van der Waals surface area contributed by atoms with Gasteiger partial charge < -0.3 is 4.57 Å². The van der Waals surface area contributed by atoms with Gasteiger partial charge in [0.1, 0.15) is 0 Å². The molecule has 0 atom stereocenters. The van der Waals surface area contributed by atoms with Crippen molar-refractivity contribution in [3.05, 3.63) is 168 Å². The first-order valence-corrected chi connectivity index (χ1v) is 15.1. The minimum atomic E-state index is -0.335. The molecule has 43 heavy (non-hydrogen) atoms. The highest BCUT2D eigenvalue weighted by Crippen LogP contribution is 2.63. The second kappa shape index (κ2) is 8.12. The molecule has 0 saturated carbocycles. The van der Waals surface area contributed by atoms with E-state index in [1.165, 1.54) is 88.2 Å². The van der Waals surface area contributed by atoms with Crippen LogP contribution in [0.15, 0.2) is 146 Å². The molecule has 1 heteroatoms. The Labute approximate surface area is 250 Å². The van der Waals surface area contributed by atoms with Crippen LogP contribution in [0.4, 0.5) is 0 Å². The van der Waals surface area contributed by atoms with Gasteiger partial charge >= 0.3 is 0 Å². The highest BCUT2D eigenvalue weighted by Gasteiger charge is 2.51. The van der Waals surface area contributed by atoms with Crippen LogP contribution in [0.2, 0.25) is 0 Å². The summed E-state index contributed by atoms with van der Waals surface area (Å²) >= 11 is 0. The molecule has 2 aliphatic rings. The molecule has 1 spiro atoms. The van der Waals surface area contributed by atoms with Gasteiger partial charge in [0.2, 0.25) is 0 Å². The second-order valence-electron chi connectivity index (χ2n) is 12.1. The smallest absolute Gasteiger partial charge is 0.0725 e. The Morgan fingerprint density at radius 1 is 0.419 bits per heavy atom. The Morgan fingerprint density at radius 2 is 0.953 bits per heavy atom. The van der Waals surface area contributed by atoms with Gasteiger partial charge in [0.05, 0.1) is 5.41 Å². The van der Waals surface area contributed by atoms with E-state index < -0.39 is 0 Å². The van der Waals surface area contributed by atoms with Crippen LogP contribution >= 0.6 is 0 Å². The van der Waals surface area contributed by atoms with Crippen LogP contribution in [0.3, 0.4) is 0 Å². The third-order valence-electron chi connectivity index (χ3n) is 10.2. The van der Waals surface area contributed by atoms with E-state index in [0.29, 0.717) is 0 Å². The summed E-state index contributed by atoms with van der Waals surface area (Å²) < 4.78 is 2.36. The highest BCUT2D eigenvalue weighted by molar-refractivity contribution is 6.18. The first-order chi connectivity index (χ1) is 21.2. The summed E-state index contributed by atoms with van der Waals surface area (Å²) in [6.07, 6.45) is 0. The van der Waals surface area contributed by atoms with Gasteiger partial charge in [-0.1, -0.05) is 121 Å². The maximum Gasteiger partial charge on any atom is 0.0725 e. The average molecular weight is 546 g/mol. The zero-order valence-corrected chi connectivity index (χ0v) is 23.8. The van der Waals surface area contributed by atoms with Crippen LogP contribution < -0.4 is 0 Å². The molecule has 0 N–H and O–H groups in total. The monoisotopic (exact) mass is 545 g/mol. The summed E-state index contributed by atoms with van der Waals surface area (Å²) in [6.45, 7) is 0. The molecule has 1 aromatic heterocycles. The van der Waals surface area contributed by atoms with Gasteiger partial charge in [-0.2, -0.15) is 0 Å². The molecule has 0 radical (unpaired) electrons. The molecular formula is C42H27N. The van der Waals surface area contributed by atoms with Crippen molar-refractivity contribution >= 4 is 32.6 Å². The molecule has 1 nitrogen and oxygen atoms in total. The number of hydrogen-bond acceptors (Lipinski definition) is 0. The highest BCUT2D eigenvalue weighted by atomic mass is 14.9. The minimum absolute atomic E-state index is 0.335. The molecule has 8 aromatic rings. The lowest BCUT2D eigenvalue weighted by molar-refractivity contribution is 0.794. The summed E-state index contributed by atoms with van der Waals surface area (Å²) in [5.41, 5.74) is 15.6. The van der Waals surface area contributed by atoms with Crippen molar-refractivity contribution in [1.29, 1.82) is 0 Å². The predicted octanol–water partition coefficient (Wildman–Crippen LogP) is 10.5. The van der Waals surface area contributed by atoms with Crippen LogP contribution in [0.25, 0.3) is 66.0 Å². The van der Waals surface area contributed by atoms with E-state index in [0.717, 1.165) is 0 Å². The Balaban J connectivity index is 1.31. The fourth-order valence-electron chi connectivity index (χ4n) is 8.44. The standard InChI is InChI=1S/C42H27N/c1-43-39-20-10-16-29(41(39)34-23-26-11-2-3-12-27(26)25-40(34)43)28-21-22-33-32-15-6-9-19-37(32)42(38(33)24-28)35-17-7-4-13-30(35)31-14-5-8-18-36(31)42/h2-25H,1H3. The molecule has 10 rings (SSSR count). The van der Waals surface area contributed by atoms with Crippen LogP contribution in [0, 0.1) is 0 Å². The van der Waals surface area contributed by atoms with Crippen molar-refractivity contribution in [2.24, 2.45) is 7.05 Å². The lowest BCUT2D eigenvalue weighted by Crippen LogP contribution is -2.25. The van der Waals surface area contributed by atoms with Crippen molar-refractivity contribution in [1.82, 2.24) is 4.57 Å². The van der Waals surface area contributed by atoms with E-state index in [4.69, 9.17) is 0 Å². The number of benzene rings is 7. The largest absolute Gasteiger partial charge is 0.344 e. The third kappa shape index (κ3) is 2.78. The van der Waals surface area contributed by atoms with Crippen LogP contribution in [-0.2, 0) is 12.5 Å². The van der Waals surface area contributed by atoms with Crippen molar-refractivity contribution in [2.75, 3.05) is 0 Å². The molecule has 0 unspecified atom stereocenters. The van der Waals surface area contributed by atoms with E-state index in [1.807, 2.05) is 0 Å². The summed E-state index contributed by atoms with van der Waals surface area (Å²) in [5.74, 6) is 0. The quantitative estimate of drug-likeness (QED) is 0.193. The summed E-state index contributed by atoms with van der Waals surface area (Å²) in [7, 11) is 2.20. The van der Waals surface area contributed by atoms with Gasteiger partial charge in [0.25, 0.3) is 0 Å². The SMILES string of the molecule is Cn1c2cc3ccccc3cc2c2c(-c3ccc4c(c3)C3(c5ccccc5-c5ccccc53)c3ccccc3-4)cccc21. The Kier molecular flexibility index (Phi) is 4.38. The summed E-state index contributed by atoms with van der Waals surface area (Å²) in [4.78, 5) is 0.